The normalized spacial score (nSPS) is 14.5. The number of fused-ring (bicyclic) bond motifs is 2. The first-order valence-electron chi connectivity index (χ1n) is 8.71. The Kier molecular flexibility index (Phi) is 3.84. The smallest absolute Gasteiger partial charge is 0.288 e. The van der Waals surface area contributed by atoms with Crippen LogP contribution in [0.4, 0.5) is 21.7 Å². The minimum Gasteiger partial charge on any atom is -0.318 e. The number of hydrogen-bond donors (Lipinski definition) is 2. The molecule has 4 aromatic rings. The van der Waals surface area contributed by atoms with Crippen molar-refractivity contribution >= 4 is 17.3 Å². The molecular formula is C18H11FN8O3. The van der Waals surface area contributed by atoms with Gasteiger partial charge in [-0.1, -0.05) is 35.4 Å². The Bertz CT molecular complexity index is 1370. The molecule has 0 radical (unpaired) electrons. The Hall–Kier alpha value is -4.48. The number of rotatable bonds is 3. The molecule has 2 aromatic heterocycles. The number of aromatic nitrogens is 6. The van der Waals surface area contributed by atoms with E-state index in [0.717, 1.165) is 0 Å². The highest BCUT2D eigenvalue weighted by Gasteiger charge is 2.35. The monoisotopic (exact) mass is 406 g/mol. The van der Waals surface area contributed by atoms with Crippen LogP contribution >= 0.6 is 0 Å². The Labute approximate surface area is 166 Å². The molecule has 3 heterocycles. The third-order valence-electron chi connectivity index (χ3n) is 4.80. The van der Waals surface area contributed by atoms with E-state index in [9.17, 15) is 19.3 Å². The number of nitro groups is 1. The minimum atomic E-state index is -0.920. The quantitative estimate of drug-likeness (QED) is 0.343. The SMILES string of the molecule is O=c1[nH]nc(-c2cccc([N+](=O)[O-])c2)c2c1Nc1nnnn1[C@@H]2c1ccccc1F. The number of halogens is 1. The molecule has 30 heavy (non-hydrogen) atoms. The summed E-state index contributed by atoms with van der Waals surface area (Å²) in [7, 11) is 0. The zero-order valence-corrected chi connectivity index (χ0v) is 15.0. The minimum absolute atomic E-state index is 0.0852. The molecule has 5 rings (SSSR count). The van der Waals surface area contributed by atoms with Gasteiger partial charge in [-0.25, -0.2) is 9.49 Å². The van der Waals surface area contributed by atoms with E-state index in [1.165, 1.54) is 28.9 Å². The maximum Gasteiger partial charge on any atom is 0.288 e. The molecule has 148 valence electrons. The van der Waals surface area contributed by atoms with Crippen LogP contribution in [0.2, 0.25) is 0 Å². The summed E-state index contributed by atoms with van der Waals surface area (Å²) in [6.07, 6.45) is 0. The standard InChI is InChI=1S/C18H11FN8O3/c19-12-7-2-1-6-11(12)16-13-14(9-4-3-5-10(8-9)27(29)30)21-22-17(28)15(13)20-18-23-24-25-26(16)18/h1-8,16H,(H,22,28)(H,20,23,25)/t16-/m1/s1. The Morgan fingerprint density at radius 3 is 2.80 bits per heavy atom. The summed E-state index contributed by atoms with van der Waals surface area (Å²) in [5.41, 5.74) is 0.490. The lowest BCUT2D eigenvalue weighted by Crippen LogP contribution is -2.29. The van der Waals surface area contributed by atoms with E-state index < -0.39 is 22.3 Å². The molecule has 0 saturated carbocycles. The topological polar surface area (TPSA) is 145 Å². The van der Waals surface area contributed by atoms with Crippen molar-refractivity contribution in [2.75, 3.05) is 5.32 Å². The summed E-state index contributed by atoms with van der Waals surface area (Å²) in [5.74, 6) is -0.375. The fourth-order valence-corrected chi connectivity index (χ4v) is 3.51. The molecule has 0 spiro atoms. The lowest BCUT2D eigenvalue weighted by molar-refractivity contribution is -0.384. The van der Waals surface area contributed by atoms with E-state index >= 15 is 0 Å². The fourth-order valence-electron chi connectivity index (χ4n) is 3.51. The van der Waals surface area contributed by atoms with Crippen molar-refractivity contribution in [3.05, 3.63) is 85.9 Å². The maximum absolute atomic E-state index is 14.8. The fraction of sp³-hybridized carbons (Fsp3) is 0.0556. The van der Waals surface area contributed by atoms with Crippen LogP contribution in [-0.4, -0.2) is 35.3 Å². The van der Waals surface area contributed by atoms with Gasteiger partial charge in [0.15, 0.2) is 0 Å². The van der Waals surface area contributed by atoms with Crippen molar-refractivity contribution in [1.82, 2.24) is 30.4 Å². The molecule has 0 fully saturated rings. The number of tetrazole rings is 1. The van der Waals surface area contributed by atoms with Crippen LogP contribution in [0, 0.1) is 15.9 Å². The molecule has 1 atom stereocenters. The van der Waals surface area contributed by atoms with Gasteiger partial charge in [0, 0.05) is 28.8 Å². The predicted molar refractivity (Wildman–Crippen MR) is 102 cm³/mol. The van der Waals surface area contributed by atoms with Gasteiger partial charge >= 0.3 is 0 Å². The molecular weight excluding hydrogens is 395 g/mol. The molecule has 0 amide bonds. The van der Waals surface area contributed by atoms with Crippen molar-refractivity contribution in [2.45, 2.75) is 6.04 Å². The van der Waals surface area contributed by atoms with Gasteiger partial charge in [-0.2, -0.15) is 9.78 Å². The third-order valence-corrected chi connectivity index (χ3v) is 4.80. The average Bonchev–Trinajstić information content (AvgIpc) is 3.22. The van der Waals surface area contributed by atoms with Gasteiger partial charge in [0.25, 0.3) is 11.2 Å². The maximum atomic E-state index is 14.8. The van der Waals surface area contributed by atoms with E-state index in [4.69, 9.17) is 0 Å². The van der Waals surface area contributed by atoms with E-state index in [1.54, 1.807) is 24.3 Å². The highest BCUT2D eigenvalue weighted by Crippen LogP contribution is 2.41. The number of nitrogens with one attached hydrogen (secondary N) is 2. The molecule has 0 aliphatic carbocycles. The summed E-state index contributed by atoms with van der Waals surface area (Å²) in [6, 6.07) is 10.9. The molecule has 0 unspecified atom stereocenters. The van der Waals surface area contributed by atoms with Crippen molar-refractivity contribution < 1.29 is 9.31 Å². The van der Waals surface area contributed by atoms with Crippen LogP contribution in [0.3, 0.4) is 0 Å². The van der Waals surface area contributed by atoms with Gasteiger partial charge in [-0.3, -0.25) is 14.9 Å². The van der Waals surface area contributed by atoms with Gasteiger partial charge < -0.3 is 5.32 Å². The second kappa shape index (κ2) is 6.55. The lowest BCUT2D eigenvalue weighted by atomic mass is 9.92. The lowest BCUT2D eigenvalue weighted by Gasteiger charge is -2.27. The summed E-state index contributed by atoms with van der Waals surface area (Å²) in [5, 5.41) is 32.0. The zero-order chi connectivity index (χ0) is 20.8. The first-order chi connectivity index (χ1) is 14.5. The van der Waals surface area contributed by atoms with E-state index in [0.29, 0.717) is 11.1 Å². The first-order valence-corrected chi connectivity index (χ1v) is 8.71. The summed E-state index contributed by atoms with van der Waals surface area (Å²) < 4.78 is 16.1. The molecule has 0 bridgehead atoms. The zero-order valence-electron chi connectivity index (χ0n) is 15.0. The second-order valence-corrected chi connectivity index (χ2v) is 6.49. The second-order valence-electron chi connectivity index (χ2n) is 6.49. The first kappa shape index (κ1) is 17.6. The summed E-state index contributed by atoms with van der Waals surface area (Å²) in [4.78, 5) is 23.2. The average molecular weight is 406 g/mol. The van der Waals surface area contributed by atoms with E-state index in [1.807, 2.05) is 0 Å². The summed E-state index contributed by atoms with van der Waals surface area (Å²) >= 11 is 0. The number of H-pyrrole nitrogens is 1. The van der Waals surface area contributed by atoms with Crippen molar-refractivity contribution in [3.63, 3.8) is 0 Å². The van der Waals surface area contributed by atoms with Crippen LogP contribution < -0.4 is 10.9 Å². The number of anilines is 2. The largest absolute Gasteiger partial charge is 0.318 e. The Morgan fingerprint density at radius 2 is 2.00 bits per heavy atom. The van der Waals surface area contributed by atoms with Crippen LogP contribution in [-0.2, 0) is 0 Å². The molecule has 1 aliphatic rings. The number of benzene rings is 2. The highest BCUT2D eigenvalue weighted by atomic mass is 19.1. The third kappa shape index (κ3) is 2.62. The number of nitrogens with zero attached hydrogens (tertiary/aromatic N) is 6. The van der Waals surface area contributed by atoms with Crippen molar-refractivity contribution in [2.24, 2.45) is 0 Å². The molecule has 11 nitrogen and oxygen atoms in total. The van der Waals surface area contributed by atoms with Gasteiger partial charge in [-0.05, 0) is 16.5 Å². The van der Waals surface area contributed by atoms with Gasteiger partial charge in [0.2, 0.25) is 5.95 Å². The molecule has 1 aliphatic heterocycles. The van der Waals surface area contributed by atoms with Gasteiger partial charge in [0.05, 0.1) is 10.6 Å². The molecule has 0 saturated heterocycles. The van der Waals surface area contributed by atoms with E-state index in [-0.39, 0.29) is 28.6 Å². The molecule has 12 heteroatoms. The number of hydrogen-bond acceptors (Lipinski definition) is 8. The van der Waals surface area contributed by atoms with Crippen LogP contribution in [0.5, 0.6) is 0 Å². The van der Waals surface area contributed by atoms with Gasteiger partial charge in [-0.15, -0.1) is 0 Å². The van der Waals surface area contributed by atoms with Crippen LogP contribution in [0.1, 0.15) is 17.2 Å². The molecule has 2 N–H and O–H groups in total. The number of non-ortho nitro benzene ring substituents is 1. The highest BCUT2D eigenvalue weighted by molar-refractivity contribution is 5.76. The Balaban J connectivity index is 1.83. The van der Waals surface area contributed by atoms with Crippen molar-refractivity contribution in [1.29, 1.82) is 0 Å². The number of aromatic amines is 1. The van der Waals surface area contributed by atoms with Gasteiger partial charge in [0.1, 0.15) is 17.5 Å². The van der Waals surface area contributed by atoms with Crippen LogP contribution in [0.15, 0.2) is 53.3 Å². The number of nitro benzene ring substituents is 1. The van der Waals surface area contributed by atoms with Crippen molar-refractivity contribution in [3.8, 4) is 11.3 Å². The predicted octanol–water partition coefficient (Wildman–Crippen LogP) is 2.17. The summed E-state index contributed by atoms with van der Waals surface area (Å²) in [6.45, 7) is 0. The molecule has 2 aromatic carbocycles. The Morgan fingerprint density at radius 1 is 1.17 bits per heavy atom. The van der Waals surface area contributed by atoms with E-state index in [2.05, 4.69) is 31.0 Å². The van der Waals surface area contributed by atoms with Crippen LogP contribution in [0.25, 0.3) is 11.3 Å².